The topological polar surface area (TPSA) is 68.3 Å². The maximum absolute atomic E-state index is 12.1. The smallest absolute Gasteiger partial charge is 0.251 e. The first-order chi connectivity index (χ1) is 8.66. The highest BCUT2D eigenvalue weighted by molar-refractivity contribution is 7.99. The molecule has 98 valence electrons. The third-order valence-corrected chi connectivity index (χ3v) is 3.94. The van der Waals surface area contributed by atoms with E-state index in [4.69, 9.17) is 5.73 Å². The Kier molecular flexibility index (Phi) is 4.30. The molecule has 0 bridgehead atoms. The van der Waals surface area contributed by atoms with Crippen molar-refractivity contribution >= 4 is 23.4 Å². The molecule has 1 saturated heterocycles. The van der Waals surface area contributed by atoms with Crippen molar-refractivity contribution in [1.29, 1.82) is 0 Å². The van der Waals surface area contributed by atoms with Crippen LogP contribution in [0.5, 0.6) is 0 Å². The van der Waals surface area contributed by atoms with Crippen molar-refractivity contribution in [2.45, 2.75) is 13.0 Å². The van der Waals surface area contributed by atoms with Crippen LogP contribution in [-0.4, -0.2) is 40.0 Å². The molecule has 1 amide bonds. The Hall–Kier alpha value is -1.43. The Morgan fingerprint density at radius 3 is 3.00 bits per heavy atom. The molecule has 1 fully saturated rings. The molecular formula is C12H17N3O2S. The molecule has 2 heterocycles. The summed E-state index contributed by atoms with van der Waals surface area (Å²) in [6.07, 6.45) is 2.54. The third-order valence-electron chi connectivity index (χ3n) is 2.89. The number of amides is 1. The molecule has 0 atom stereocenters. The van der Waals surface area contributed by atoms with Crippen LogP contribution in [-0.2, 0) is 11.3 Å². The number of pyridine rings is 1. The van der Waals surface area contributed by atoms with E-state index < -0.39 is 0 Å². The van der Waals surface area contributed by atoms with E-state index in [0.717, 1.165) is 31.0 Å². The standard InChI is InChI=1S/C12H17N3O2S/c13-10-2-3-11(16)15(8-10)9-12(17)14-4-1-6-18-7-5-14/h2-3,8H,1,4-7,9,13H2. The molecule has 2 rings (SSSR count). The zero-order valence-corrected chi connectivity index (χ0v) is 11.0. The summed E-state index contributed by atoms with van der Waals surface area (Å²) in [5.41, 5.74) is 5.92. The van der Waals surface area contributed by atoms with Gasteiger partial charge in [0.25, 0.3) is 5.56 Å². The van der Waals surface area contributed by atoms with Gasteiger partial charge in [0.2, 0.25) is 5.91 Å². The maximum Gasteiger partial charge on any atom is 0.251 e. The molecule has 0 aliphatic carbocycles. The number of hydrogen-bond donors (Lipinski definition) is 1. The summed E-state index contributed by atoms with van der Waals surface area (Å²) in [5, 5.41) is 0. The van der Waals surface area contributed by atoms with Crippen LogP contribution < -0.4 is 11.3 Å². The fourth-order valence-electron chi connectivity index (χ4n) is 1.91. The van der Waals surface area contributed by atoms with Gasteiger partial charge in [0.1, 0.15) is 6.54 Å². The molecule has 1 aliphatic heterocycles. The second-order valence-electron chi connectivity index (χ2n) is 4.28. The Labute approximate surface area is 110 Å². The van der Waals surface area contributed by atoms with Crippen molar-refractivity contribution in [2.24, 2.45) is 0 Å². The van der Waals surface area contributed by atoms with Gasteiger partial charge >= 0.3 is 0 Å². The lowest BCUT2D eigenvalue weighted by Gasteiger charge is -2.20. The van der Waals surface area contributed by atoms with E-state index in [0.29, 0.717) is 5.69 Å². The van der Waals surface area contributed by atoms with Gasteiger partial charge in [-0.05, 0) is 18.2 Å². The Bertz CT molecular complexity index is 478. The second kappa shape index (κ2) is 5.95. The van der Waals surface area contributed by atoms with Gasteiger partial charge in [-0.2, -0.15) is 11.8 Å². The molecule has 0 radical (unpaired) electrons. The number of nitrogens with two attached hydrogens (primary N) is 1. The number of thioether (sulfide) groups is 1. The van der Waals surface area contributed by atoms with E-state index in [1.807, 2.05) is 16.7 Å². The van der Waals surface area contributed by atoms with Crippen LogP contribution in [0.4, 0.5) is 5.69 Å². The van der Waals surface area contributed by atoms with Crippen molar-refractivity contribution in [3.05, 3.63) is 28.7 Å². The van der Waals surface area contributed by atoms with E-state index in [-0.39, 0.29) is 18.0 Å². The molecular weight excluding hydrogens is 250 g/mol. The normalized spacial score (nSPS) is 16.3. The SMILES string of the molecule is Nc1ccc(=O)n(CC(=O)N2CCCSCC2)c1. The minimum atomic E-state index is -0.193. The minimum absolute atomic E-state index is 0.00907. The number of aromatic nitrogens is 1. The van der Waals surface area contributed by atoms with E-state index in [9.17, 15) is 9.59 Å². The molecule has 6 heteroatoms. The molecule has 1 aliphatic rings. The second-order valence-corrected chi connectivity index (χ2v) is 5.50. The quantitative estimate of drug-likeness (QED) is 0.842. The fourth-order valence-corrected chi connectivity index (χ4v) is 2.80. The van der Waals surface area contributed by atoms with Crippen LogP contribution in [0.15, 0.2) is 23.1 Å². The lowest BCUT2D eigenvalue weighted by atomic mass is 10.3. The molecule has 1 aromatic heterocycles. The van der Waals surface area contributed by atoms with Gasteiger partial charge in [0.05, 0.1) is 0 Å². The van der Waals surface area contributed by atoms with E-state index >= 15 is 0 Å². The minimum Gasteiger partial charge on any atom is -0.398 e. The van der Waals surface area contributed by atoms with Crippen molar-refractivity contribution in [3.63, 3.8) is 0 Å². The fraction of sp³-hybridized carbons (Fsp3) is 0.500. The highest BCUT2D eigenvalue weighted by Gasteiger charge is 2.16. The lowest BCUT2D eigenvalue weighted by Crippen LogP contribution is -2.37. The van der Waals surface area contributed by atoms with Gasteiger partial charge in [-0.15, -0.1) is 0 Å². The molecule has 0 saturated carbocycles. The van der Waals surface area contributed by atoms with Crippen LogP contribution in [0.3, 0.4) is 0 Å². The molecule has 18 heavy (non-hydrogen) atoms. The number of rotatable bonds is 2. The number of carbonyl (C=O) groups excluding carboxylic acids is 1. The first-order valence-corrected chi connectivity index (χ1v) is 7.14. The monoisotopic (exact) mass is 267 g/mol. The predicted molar refractivity (Wildman–Crippen MR) is 73.6 cm³/mol. The van der Waals surface area contributed by atoms with Crippen LogP contribution in [0, 0.1) is 0 Å². The van der Waals surface area contributed by atoms with Crippen LogP contribution >= 0.6 is 11.8 Å². The average molecular weight is 267 g/mol. The number of hydrogen-bond acceptors (Lipinski definition) is 4. The van der Waals surface area contributed by atoms with E-state index in [1.54, 1.807) is 6.07 Å². The zero-order chi connectivity index (χ0) is 13.0. The molecule has 1 aromatic rings. The van der Waals surface area contributed by atoms with Gasteiger partial charge in [-0.3, -0.25) is 9.59 Å². The summed E-state index contributed by atoms with van der Waals surface area (Å²) in [5.74, 6) is 2.06. The summed E-state index contributed by atoms with van der Waals surface area (Å²) in [6.45, 7) is 1.62. The van der Waals surface area contributed by atoms with E-state index in [1.165, 1.54) is 16.8 Å². The maximum atomic E-state index is 12.1. The molecule has 0 unspecified atom stereocenters. The highest BCUT2D eigenvalue weighted by Crippen LogP contribution is 2.10. The van der Waals surface area contributed by atoms with Gasteiger partial charge < -0.3 is 15.2 Å². The molecule has 5 nitrogen and oxygen atoms in total. The van der Waals surface area contributed by atoms with Gasteiger partial charge in [0, 0.05) is 36.8 Å². The Balaban J connectivity index is 2.05. The van der Waals surface area contributed by atoms with E-state index in [2.05, 4.69) is 0 Å². The molecule has 2 N–H and O–H groups in total. The van der Waals surface area contributed by atoms with Crippen molar-refractivity contribution in [2.75, 3.05) is 30.3 Å². The number of nitrogens with zero attached hydrogens (tertiary/aromatic N) is 2. The van der Waals surface area contributed by atoms with Crippen molar-refractivity contribution < 1.29 is 4.79 Å². The van der Waals surface area contributed by atoms with Gasteiger partial charge in [-0.25, -0.2) is 0 Å². The van der Waals surface area contributed by atoms with Crippen LogP contribution in [0.1, 0.15) is 6.42 Å². The van der Waals surface area contributed by atoms with Crippen LogP contribution in [0.25, 0.3) is 0 Å². The first kappa shape index (κ1) is 13.0. The summed E-state index contributed by atoms with van der Waals surface area (Å²) in [4.78, 5) is 25.5. The Morgan fingerprint density at radius 2 is 2.17 bits per heavy atom. The molecule has 0 spiro atoms. The van der Waals surface area contributed by atoms with Crippen molar-refractivity contribution in [1.82, 2.24) is 9.47 Å². The zero-order valence-electron chi connectivity index (χ0n) is 10.2. The third kappa shape index (κ3) is 3.29. The van der Waals surface area contributed by atoms with Crippen molar-refractivity contribution in [3.8, 4) is 0 Å². The van der Waals surface area contributed by atoms with Crippen LogP contribution in [0.2, 0.25) is 0 Å². The summed E-state index contributed by atoms with van der Waals surface area (Å²) < 4.78 is 1.37. The van der Waals surface area contributed by atoms with Gasteiger partial charge in [0.15, 0.2) is 0 Å². The first-order valence-electron chi connectivity index (χ1n) is 5.98. The number of carbonyl (C=O) groups is 1. The van der Waals surface area contributed by atoms with Gasteiger partial charge in [-0.1, -0.05) is 0 Å². The number of nitrogen functional groups attached to an aromatic ring is 1. The largest absolute Gasteiger partial charge is 0.398 e. The highest BCUT2D eigenvalue weighted by atomic mass is 32.2. The Morgan fingerprint density at radius 1 is 1.33 bits per heavy atom. The summed E-state index contributed by atoms with van der Waals surface area (Å²) >= 11 is 1.87. The number of anilines is 1. The predicted octanol–water partition coefficient (Wildman–Crippen LogP) is 0.396. The lowest BCUT2D eigenvalue weighted by molar-refractivity contribution is -0.131. The summed E-state index contributed by atoms with van der Waals surface area (Å²) in [6, 6.07) is 2.94. The molecule has 0 aromatic carbocycles. The average Bonchev–Trinajstić information content (AvgIpc) is 2.62. The summed E-state index contributed by atoms with van der Waals surface area (Å²) in [7, 11) is 0.